The van der Waals surface area contributed by atoms with E-state index in [0.717, 1.165) is 17.0 Å². The van der Waals surface area contributed by atoms with Crippen molar-refractivity contribution in [1.82, 2.24) is 10.3 Å². The molecule has 2 heterocycles. The van der Waals surface area contributed by atoms with Gasteiger partial charge >= 0.3 is 0 Å². The summed E-state index contributed by atoms with van der Waals surface area (Å²) >= 11 is 1.41. The minimum absolute atomic E-state index is 0.0174. The Bertz CT molecular complexity index is 330. The summed E-state index contributed by atoms with van der Waals surface area (Å²) < 4.78 is 0. The second-order valence-electron chi connectivity index (χ2n) is 3.64. The molecule has 64 valence electrons. The van der Waals surface area contributed by atoms with Crippen LogP contribution in [0.1, 0.15) is 29.2 Å². The summed E-state index contributed by atoms with van der Waals surface area (Å²) in [6.07, 6.45) is 0.831. The molecule has 0 atom stereocenters. The quantitative estimate of drug-likeness (QED) is 0.655. The first-order valence-electron chi connectivity index (χ1n) is 3.83. The molecule has 0 bridgehead atoms. The minimum Gasteiger partial charge on any atom is -0.346 e. The van der Waals surface area contributed by atoms with Gasteiger partial charge < -0.3 is 5.32 Å². The molecule has 2 rings (SSSR count). The van der Waals surface area contributed by atoms with E-state index in [-0.39, 0.29) is 11.4 Å². The fraction of sp³-hybridized carbons (Fsp3) is 0.500. The van der Waals surface area contributed by atoms with Gasteiger partial charge in [-0.2, -0.15) is 0 Å². The number of aromatic nitrogens is 1. The summed E-state index contributed by atoms with van der Waals surface area (Å²) in [7, 11) is 0. The van der Waals surface area contributed by atoms with E-state index in [1.54, 1.807) is 5.51 Å². The van der Waals surface area contributed by atoms with Crippen molar-refractivity contribution in [2.24, 2.45) is 0 Å². The molecule has 1 aromatic heterocycles. The Morgan fingerprint density at radius 2 is 2.42 bits per heavy atom. The number of fused-ring (bicyclic) bond motifs is 1. The average molecular weight is 182 g/mol. The van der Waals surface area contributed by atoms with Crippen LogP contribution in [0.5, 0.6) is 0 Å². The Morgan fingerprint density at radius 1 is 1.67 bits per heavy atom. The molecule has 0 unspecified atom stereocenters. The first-order chi connectivity index (χ1) is 5.58. The van der Waals surface area contributed by atoms with E-state index in [9.17, 15) is 4.79 Å². The maximum Gasteiger partial charge on any atom is 0.263 e. The normalized spacial score (nSPS) is 20.0. The van der Waals surface area contributed by atoms with Gasteiger partial charge in [-0.25, -0.2) is 4.98 Å². The summed E-state index contributed by atoms with van der Waals surface area (Å²) in [5, 5.41) is 2.93. The molecule has 1 amide bonds. The third-order valence-electron chi connectivity index (χ3n) is 1.91. The van der Waals surface area contributed by atoms with Crippen LogP contribution in [0.3, 0.4) is 0 Å². The molecule has 1 N–H and O–H groups in total. The summed E-state index contributed by atoms with van der Waals surface area (Å²) in [6, 6.07) is 0. The molecule has 0 spiro atoms. The van der Waals surface area contributed by atoms with E-state index in [1.165, 1.54) is 11.3 Å². The van der Waals surface area contributed by atoms with Crippen LogP contribution in [0.15, 0.2) is 5.51 Å². The number of nitrogens with one attached hydrogen (secondary N) is 1. The second-order valence-corrected chi connectivity index (χ2v) is 4.50. The van der Waals surface area contributed by atoms with Crippen LogP contribution in [0, 0.1) is 0 Å². The maximum absolute atomic E-state index is 11.4. The third-order valence-corrected chi connectivity index (χ3v) is 2.78. The fourth-order valence-electron chi connectivity index (χ4n) is 1.41. The molecule has 1 aliphatic rings. The summed E-state index contributed by atoms with van der Waals surface area (Å²) in [5.41, 5.74) is 2.53. The van der Waals surface area contributed by atoms with Crippen LogP contribution >= 0.6 is 11.3 Å². The van der Waals surface area contributed by atoms with Gasteiger partial charge in [0.15, 0.2) is 0 Å². The zero-order valence-electron chi connectivity index (χ0n) is 7.05. The van der Waals surface area contributed by atoms with Gasteiger partial charge in [-0.15, -0.1) is 11.3 Å². The second kappa shape index (κ2) is 2.29. The largest absolute Gasteiger partial charge is 0.346 e. The molecule has 1 aliphatic heterocycles. The predicted molar refractivity (Wildman–Crippen MR) is 47.4 cm³/mol. The first-order valence-corrected chi connectivity index (χ1v) is 4.71. The topological polar surface area (TPSA) is 42.0 Å². The molecule has 0 fully saturated rings. The monoisotopic (exact) mass is 182 g/mol. The van der Waals surface area contributed by atoms with Crippen molar-refractivity contribution in [3.8, 4) is 0 Å². The van der Waals surface area contributed by atoms with Crippen molar-refractivity contribution in [3.63, 3.8) is 0 Å². The number of rotatable bonds is 0. The molecular weight excluding hydrogens is 172 g/mol. The van der Waals surface area contributed by atoms with Gasteiger partial charge in [-0.1, -0.05) is 0 Å². The van der Waals surface area contributed by atoms with E-state index in [1.807, 2.05) is 13.8 Å². The Labute approximate surface area is 74.8 Å². The van der Waals surface area contributed by atoms with Crippen molar-refractivity contribution in [2.75, 3.05) is 0 Å². The van der Waals surface area contributed by atoms with E-state index in [2.05, 4.69) is 10.3 Å². The minimum atomic E-state index is -0.141. The van der Waals surface area contributed by atoms with Gasteiger partial charge in [0.1, 0.15) is 4.88 Å². The summed E-state index contributed by atoms with van der Waals surface area (Å²) in [6.45, 7) is 4.01. The standard InChI is InChI=1S/C8H10N2OS/c1-8(2)3-5-6(7(11)10-8)12-4-9-5/h4H,3H2,1-2H3,(H,10,11). The van der Waals surface area contributed by atoms with Crippen molar-refractivity contribution in [2.45, 2.75) is 25.8 Å². The molecule has 0 aliphatic carbocycles. The molecule has 0 saturated heterocycles. The number of carbonyl (C=O) groups excluding carboxylic acids is 1. The van der Waals surface area contributed by atoms with E-state index >= 15 is 0 Å². The molecular formula is C8H10N2OS. The highest BCUT2D eigenvalue weighted by atomic mass is 32.1. The van der Waals surface area contributed by atoms with Crippen LogP contribution < -0.4 is 5.32 Å². The lowest BCUT2D eigenvalue weighted by atomic mass is 9.94. The van der Waals surface area contributed by atoms with Crippen LogP contribution in [0.25, 0.3) is 0 Å². The number of thiazole rings is 1. The van der Waals surface area contributed by atoms with E-state index in [4.69, 9.17) is 0 Å². The van der Waals surface area contributed by atoms with Gasteiger partial charge in [-0.3, -0.25) is 4.79 Å². The fourth-order valence-corrected chi connectivity index (χ4v) is 2.11. The average Bonchev–Trinajstić information content (AvgIpc) is 2.31. The Balaban J connectivity index is 2.45. The summed E-state index contributed by atoms with van der Waals surface area (Å²) in [5.74, 6) is 0.0174. The van der Waals surface area contributed by atoms with Gasteiger partial charge in [-0.05, 0) is 13.8 Å². The van der Waals surface area contributed by atoms with Crippen molar-refractivity contribution in [1.29, 1.82) is 0 Å². The van der Waals surface area contributed by atoms with Crippen molar-refractivity contribution >= 4 is 17.2 Å². The maximum atomic E-state index is 11.4. The van der Waals surface area contributed by atoms with Crippen molar-refractivity contribution in [3.05, 3.63) is 16.1 Å². The lowest BCUT2D eigenvalue weighted by molar-refractivity contribution is 0.0901. The zero-order valence-corrected chi connectivity index (χ0v) is 7.86. The van der Waals surface area contributed by atoms with Crippen LogP contribution in [-0.2, 0) is 6.42 Å². The number of hydrogen-bond acceptors (Lipinski definition) is 3. The van der Waals surface area contributed by atoms with Crippen LogP contribution in [-0.4, -0.2) is 16.4 Å². The molecule has 0 radical (unpaired) electrons. The summed E-state index contributed by atoms with van der Waals surface area (Å²) in [4.78, 5) is 16.4. The number of carbonyl (C=O) groups is 1. The Kier molecular flexibility index (Phi) is 1.48. The van der Waals surface area contributed by atoms with Gasteiger partial charge in [0.05, 0.1) is 11.2 Å². The number of nitrogens with zero attached hydrogens (tertiary/aromatic N) is 1. The number of amides is 1. The van der Waals surface area contributed by atoms with E-state index < -0.39 is 0 Å². The highest BCUT2D eigenvalue weighted by molar-refractivity contribution is 7.11. The predicted octanol–water partition coefficient (Wildman–Crippen LogP) is 1.21. The highest BCUT2D eigenvalue weighted by Gasteiger charge is 2.31. The lowest BCUT2D eigenvalue weighted by Gasteiger charge is -2.29. The lowest BCUT2D eigenvalue weighted by Crippen LogP contribution is -2.48. The SMILES string of the molecule is CC1(C)Cc2ncsc2C(=O)N1. The molecule has 3 nitrogen and oxygen atoms in total. The van der Waals surface area contributed by atoms with Gasteiger partial charge in [0.2, 0.25) is 0 Å². The van der Waals surface area contributed by atoms with Gasteiger partial charge in [0.25, 0.3) is 5.91 Å². The van der Waals surface area contributed by atoms with E-state index in [0.29, 0.717) is 0 Å². The zero-order chi connectivity index (χ0) is 8.77. The third kappa shape index (κ3) is 1.12. The molecule has 4 heteroatoms. The van der Waals surface area contributed by atoms with Crippen LogP contribution in [0.2, 0.25) is 0 Å². The van der Waals surface area contributed by atoms with Crippen LogP contribution in [0.4, 0.5) is 0 Å². The Hall–Kier alpha value is -0.900. The molecule has 12 heavy (non-hydrogen) atoms. The first kappa shape index (κ1) is 7.73. The highest BCUT2D eigenvalue weighted by Crippen LogP contribution is 2.24. The van der Waals surface area contributed by atoms with Crippen molar-refractivity contribution < 1.29 is 4.79 Å². The van der Waals surface area contributed by atoms with Gasteiger partial charge in [0, 0.05) is 12.0 Å². The molecule has 1 aromatic rings. The Morgan fingerprint density at radius 3 is 3.17 bits per heavy atom. The smallest absolute Gasteiger partial charge is 0.263 e. The molecule has 0 aromatic carbocycles. The molecule has 0 saturated carbocycles. The number of hydrogen-bond donors (Lipinski definition) is 1.